The van der Waals surface area contributed by atoms with E-state index in [-0.39, 0.29) is 0 Å². The van der Waals surface area contributed by atoms with E-state index in [0.29, 0.717) is 11.5 Å². The van der Waals surface area contributed by atoms with Crippen molar-refractivity contribution in [1.29, 1.82) is 0 Å². The molecule has 1 fully saturated rings. The zero-order chi connectivity index (χ0) is 9.03. The summed E-state index contributed by atoms with van der Waals surface area (Å²) in [6, 6.07) is 0.458. The maximum atomic E-state index is 5.91. The molecule has 0 heterocycles. The highest BCUT2D eigenvalue weighted by molar-refractivity contribution is 4.92. The molecule has 2 N–H and O–H groups in total. The van der Waals surface area contributed by atoms with Crippen molar-refractivity contribution in [2.75, 3.05) is 0 Å². The molecular formula is C11H21N. The predicted octanol–water partition coefficient (Wildman–Crippen LogP) is 2.86. The van der Waals surface area contributed by atoms with Crippen LogP contribution in [0.2, 0.25) is 0 Å². The largest absolute Gasteiger partial charge is 0.328 e. The van der Waals surface area contributed by atoms with Crippen molar-refractivity contribution in [1.82, 2.24) is 0 Å². The Labute approximate surface area is 76.0 Å². The minimum Gasteiger partial charge on any atom is -0.328 e. The lowest BCUT2D eigenvalue weighted by Crippen LogP contribution is -2.24. The van der Waals surface area contributed by atoms with Crippen molar-refractivity contribution < 1.29 is 0 Å². The third kappa shape index (κ3) is 2.63. The van der Waals surface area contributed by atoms with Gasteiger partial charge in [0.25, 0.3) is 0 Å². The molecule has 1 rings (SSSR count). The van der Waals surface area contributed by atoms with Gasteiger partial charge < -0.3 is 5.73 Å². The van der Waals surface area contributed by atoms with E-state index in [2.05, 4.69) is 19.6 Å². The summed E-state index contributed by atoms with van der Waals surface area (Å²) < 4.78 is 0. The molecule has 0 spiro atoms. The van der Waals surface area contributed by atoms with Crippen molar-refractivity contribution >= 4 is 0 Å². The summed E-state index contributed by atoms with van der Waals surface area (Å²) in [4.78, 5) is 0. The smallest absolute Gasteiger partial charge is 0.00388 e. The van der Waals surface area contributed by atoms with Crippen LogP contribution in [-0.2, 0) is 0 Å². The van der Waals surface area contributed by atoms with Crippen molar-refractivity contribution in [2.45, 2.75) is 51.5 Å². The van der Waals surface area contributed by atoms with Crippen molar-refractivity contribution in [3.05, 3.63) is 12.7 Å². The summed E-state index contributed by atoms with van der Waals surface area (Å²) in [5.41, 5.74) is 6.30. The Balaban J connectivity index is 2.45. The van der Waals surface area contributed by atoms with Gasteiger partial charge >= 0.3 is 0 Å². The van der Waals surface area contributed by atoms with Crippen molar-refractivity contribution in [3.8, 4) is 0 Å². The first kappa shape index (κ1) is 9.79. The summed E-state index contributed by atoms with van der Waals surface area (Å²) in [6.07, 6.45) is 9.60. The summed E-state index contributed by atoms with van der Waals surface area (Å²) in [5, 5.41) is 0. The second-order valence-electron chi connectivity index (χ2n) is 4.40. The van der Waals surface area contributed by atoms with E-state index in [4.69, 9.17) is 5.73 Å². The molecule has 0 aromatic carbocycles. The van der Waals surface area contributed by atoms with Crippen LogP contribution in [-0.4, -0.2) is 6.04 Å². The van der Waals surface area contributed by atoms with Gasteiger partial charge in [-0.2, -0.15) is 0 Å². The molecule has 0 unspecified atom stereocenters. The van der Waals surface area contributed by atoms with E-state index < -0.39 is 0 Å². The first-order chi connectivity index (χ1) is 5.66. The zero-order valence-electron chi connectivity index (χ0n) is 8.18. The fraction of sp³-hybridized carbons (Fsp3) is 0.818. The average molecular weight is 167 g/mol. The highest BCUT2D eigenvalue weighted by Crippen LogP contribution is 2.33. The van der Waals surface area contributed by atoms with Crippen molar-refractivity contribution in [3.63, 3.8) is 0 Å². The van der Waals surface area contributed by atoms with Gasteiger partial charge in [-0.05, 0) is 31.1 Å². The van der Waals surface area contributed by atoms with Gasteiger partial charge in [0.2, 0.25) is 0 Å². The molecule has 12 heavy (non-hydrogen) atoms. The van der Waals surface area contributed by atoms with E-state index in [1.54, 1.807) is 0 Å². The summed E-state index contributed by atoms with van der Waals surface area (Å²) in [7, 11) is 0. The van der Waals surface area contributed by atoms with Crippen LogP contribution >= 0.6 is 0 Å². The topological polar surface area (TPSA) is 26.0 Å². The van der Waals surface area contributed by atoms with E-state index in [9.17, 15) is 0 Å². The monoisotopic (exact) mass is 167 g/mol. The molecule has 1 aliphatic carbocycles. The summed E-state index contributed by atoms with van der Waals surface area (Å²) >= 11 is 0. The quantitative estimate of drug-likeness (QED) is 0.597. The molecule has 0 radical (unpaired) electrons. The molecule has 0 aromatic heterocycles. The molecule has 0 saturated heterocycles. The lowest BCUT2D eigenvalue weighted by molar-refractivity contribution is 0.296. The first-order valence-corrected chi connectivity index (χ1v) is 5.05. The van der Waals surface area contributed by atoms with Crippen LogP contribution in [0.3, 0.4) is 0 Å². The molecule has 1 heteroatoms. The average Bonchev–Trinajstić information content (AvgIpc) is 2.01. The number of nitrogens with two attached hydrogens (primary N) is 1. The molecule has 0 amide bonds. The molecule has 1 aliphatic rings. The van der Waals surface area contributed by atoms with Crippen LogP contribution in [0.1, 0.15) is 45.4 Å². The van der Waals surface area contributed by atoms with Gasteiger partial charge in [0.15, 0.2) is 0 Å². The number of allylic oxidation sites excluding steroid dienone is 1. The molecule has 1 nitrogen and oxygen atoms in total. The number of hydrogen-bond donors (Lipinski definition) is 1. The first-order valence-electron chi connectivity index (χ1n) is 5.05. The molecule has 1 saturated carbocycles. The minimum atomic E-state index is 0.389. The van der Waals surface area contributed by atoms with Crippen LogP contribution in [0.25, 0.3) is 0 Å². The summed E-state index contributed by atoms with van der Waals surface area (Å²) in [5.74, 6) is 0. The molecule has 0 aliphatic heterocycles. The molecule has 0 bridgehead atoms. The molecular weight excluding hydrogens is 146 g/mol. The Bertz CT molecular complexity index is 141. The van der Waals surface area contributed by atoms with Crippen LogP contribution < -0.4 is 5.73 Å². The van der Waals surface area contributed by atoms with Crippen LogP contribution in [0.15, 0.2) is 12.7 Å². The van der Waals surface area contributed by atoms with Crippen LogP contribution in [0, 0.1) is 5.41 Å². The van der Waals surface area contributed by atoms with Gasteiger partial charge in [0.1, 0.15) is 0 Å². The third-order valence-electron chi connectivity index (χ3n) is 3.14. The van der Waals surface area contributed by atoms with Gasteiger partial charge in [-0.25, -0.2) is 0 Å². The maximum Gasteiger partial charge on any atom is 0.00388 e. The SMILES string of the molecule is C=CC1(C)CCCC(N)CCC1. The number of rotatable bonds is 1. The summed E-state index contributed by atoms with van der Waals surface area (Å²) in [6.45, 7) is 6.23. The van der Waals surface area contributed by atoms with Crippen LogP contribution in [0.5, 0.6) is 0 Å². The van der Waals surface area contributed by atoms with Gasteiger partial charge in [-0.3, -0.25) is 0 Å². The Morgan fingerprint density at radius 2 is 1.83 bits per heavy atom. The highest BCUT2D eigenvalue weighted by Gasteiger charge is 2.22. The fourth-order valence-corrected chi connectivity index (χ4v) is 2.01. The van der Waals surface area contributed by atoms with Crippen molar-refractivity contribution in [2.24, 2.45) is 11.1 Å². The Morgan fingerprint density at radius 3 is 2.25 bits per heavy atom. The number of hydrogen-bond acceptors (Lipinski definition) is 1. The predicted molar refractivity (Wildman–Crippen MR) is 54.0 cm³/mol. The van der Waals surface area contributed by atoms with Gasteiger partial charge in [-0.1, -0.05) is 25.8 Å². The van der Waals surface area contributed by atoms with Gasteiger partial charge in [-0.15, -0.1) is 6.58 Å². The third-order valence-corrected chi connectivity index (χ3v) is 3.14. The highest BCUT2D eigenvalue weighted by atomic mass is 14.6. The zero-order valence-corrected chi connectivity index (χ0v) is 8.18. The molecule has 0 aromatic rings. The van der Waals surface area contributed by atoms with E-state index in [1.165, 1.54) is 38.5 Å². The lowest BCUT2D eigenvalue weighted by Gasteiger charge is -2.29. The van der Waals surface area contributed by atoms with Crippen LogP contribution in [0.4, 0.5) is 0 Å². The van der Waals surface area contributed by atoms with Gasteiger partial charge in [0, 0.05) is 6.04 Å². The maximum absolute atomic E-state index is 5.91. The molecule has 70 valence electrons. The second-order valence-corrected chi connectivity index (χ2v) is 4.40. The van der Waals surface area contributed by atoms with E-state index >= 15 is 0 Å². The van der Waals surface area contributed by atoms with E-state index in [0.717, 1.165) is 0 Å². The molecule has 0 atom stereocenters. The fourth-order valence-electron chi connectivity index (χ4n) is 2.01. The normalized spacial score (nSPS) is 38.3. The van der Waals surface area contributed by atoms with Gasteiger partial charge in [0.05, 0.1) is 0 Å². The Kier molecular flexibility index (Phi) is 3.33. The standard InChI is InChI=1S/C11H21N/c1-3-11(2)8-4-6-10(12)7-5-9-11/h3,10H,1,4-9,12H2,2H3. The second kappa shape index (κ2) is 4.08. The Morgan fingerprint density at radius 1 is 1.33 bits per heavy atom. The minimum absolute atomic E-state index is 0.389. The Hall–Kier alpha value is -0.300. The lowest BCUT2D eigenvalue weighted by atomic mass is 9.77. The van der Waals surface area contributed by atoms with E-state index in [1.807, 2.05) is 0 Å².